The van der Waals surface area contributed by atoms with E-state index in [0.717, 1.165) is 0 Å². The molecular weight excluding hydrogens is 425 g/mol. The van der Waals surface area contributed by atoms with Gasteiger partial charge in [0.15, 0.2) is 0 Å². The first-order chi connectivity index (χ1) is 14.8. The van der Waals surface area contributed by atoms with Gasteiger partial charge in [-0.2, -0.15) is 18.2 Å². The molecule has 11 nitrogen and oxygen atoms in total. The second kappa shape index (κ2) is 9.15. The number of pyridine rings is 1. The fraction of sp³-hybridized carbons (Fsp3) is 0.235. The number of hydrogen-bond donors (Lipinski definition) is 1. The molecule has 0 saturated heterocycles. The molecule has 0 bridgehead atoms. The number of aromatic nitrogens is 5. The smallest absolute Gasteiger partial charge is 0.464 e. The van der Waals surface area contributed by atoms with Gasteiger partial charge in [-0.25, -0.2) is 24.5 Å². The van der Waals surface area contributed by atoms with E-state index in [-0.39, 0.29) is 24.7 Å². The van der Waals surface area contributed by atoms with Crippen LogP contribution < -0.4 is 5.32 Å². The van der Waals surface area contributed by atoms with E-state index in [0.29, 0.717) is 11.1 Å². The molecule has 0 radical (unpaired) electrons. The fourth-order valence-electron chi connectivity index (χ4n) is 2.10. The maximum absolute atomic E-state index is 12.5. The lowest BCUT2D eigenvalue weighted by Gasteiger charge is -2.07. The first kappa shape index (κ1) is 21.6. The van der Waals surface area contributed by atoms with Crippen LogP contribution in [0.15, 0.2) is 35.2 Å². The SMILES string of the molecule is COC(=O)c1ccc(COC(=O)NCc2cnc(-c3noc(C(F)(F)F)n3)nc2)cn1. The predicted molar refractivity (Wildman–Crippen MR) is 92.9 cm³/mol. The Balaban J connectivity index is 1.48. The van der Waals surface area contributed by atoms with Gasteiger partial charge in [-0.05, 0) is 6.07 Å². The molecule has 1 amide bonds. The standard InChI is InChI=1S/C17H13F3N6O5/c1-29-14(27)11-3-2-9(4-21-11)8-30-16(28)24-7-10-5-22-12(23-6-10)13-25-15(31-26-13)17(18,19)20/h2-6H,7-8H2,1H3,(H,24,28). The predicted octanol–water partition coefficient (Wildman–Crippen LogP) is 2.15. The molecule has 0 fully saturated rings. The number of ether oxygens (including phenoxy) is 2. The van der Waals surface area contributed by atoms with E-state index in [2.05, 4.69) is 39.7 Å². The topological polar surface area (TPSA) is 142 Å². The van der Waals surface area contributed by atoms with Gasteiger partial charge in [0.2, 0.25) is 11.6 Å². The monoisotopic (exact) mass is 438 g/mol. The first-order valence-electron chi connectivity index (χ1n) is 8.42. The first-order valence-corrected chi connectivity index (χ1v) is 8.42. The van der Waals surface area contributed by atoms with Crippen molar-refractivity contribution in [3.05, 3.63) is 53.4 Å². The summed E-state index contributed by atoms with van der Waals surface area (Å²) in [5.41, 5.74) is 1.12. The summed E-state index contributed by atoms with van der Waals surface area (Å²) < 4.78 is 51.1. The molecule has 1 N–H and O–H groups in total. The van der Waals surface area contributed by atoms with Gasteiger partial charge < -0.3 is 19.3 Å². The van der Waals surface area contributed by atoms with Crippen molar-refractivity contribution in [3.8, 4) is 11.6 Å². The second-order valence-corrected chi connectivity index (χ2v) is 5.81. The summed E-state index contributed by atoms with van der Waals surface area (Å²) in [7, 11) is 1.24. The Morgan fingerprint density at radius 1 is 1.06 bits per heavy atom. The van der Waals surface area contributed by atoms with Crippen molar-refractivity contribution < 1.29 is 36.8 Å². The lowest BCUT2D eigenvalue weighted by atomic mass is 10.2. The number of alkyl carbamates (subject to hydrolysis) is 1. The fourth-order valence-corrected chi connectivity index (χ4v) is 2.10. The van der Waals surface area contributed by atoms with E-state index < -0.39 is 30.0 Å². The van der Waals surface area contributed by atoms with Gasteiger partial charge in [-0.3, -0.25) is 0 Å². The van der Waals surface area contributed by atoms with E-state index >= 15 is 0 Å². The van der Waals surface area contributed by atoms with Crippen molar-refractivity contribution in [1.29, 1.82) is 0 Å². The minimum atomic E-state index is -4.77. The minimum absolute atomic E-state index is 0.00130. The maximum Gasteiger partial charge on any atom is 0.471 e. The summed E-state index contributed by atoms with van der Waals surface area (Å²) in [4.78, 5) is 37.8. The van der Waals surface area contributed by atoms with Crippen molar-refractivity contribution >= 4 is 12.1 Å². The van der Waals surface area contributed by atoms with E-state index in [1.165, 1.54) is 31.8 Å². The van der Waals surface area contributed by atoms with Crippen molar-refractivity contribution in [2.24, 2.45) is 0 Å². The van der Waals surface area contributed by atoms with E-state index in [1.54, 1.807) is 6.07 Å². The molecule has 3 aromatic heterocycles. The number of rotatable bonds is 6. The largest absolute Gasteiger partial charge is 0.471 e. The number of carbonyl (C=O) groups excluding carboxylic acids is 2. The van der Waals surface area contributed by atoms with Crippen LogP contribution in [0.3, 0.4) is 0 Å². The Morgan fingerprint density at radius 3 is 2.35 bits per heavy atom. The number of amides is 1. The number of hydrogen-bond acceptors (Lipinski definition) is 10. The molecule has 31 heavy (non-hydrogen) atoms. The summed E-state index contributed by atoms with van der Waals surface area (Å²) >= 11 is 0. The zero-order valence-electron chi connectivity index (χ0n) is 15.7. The average molecular weight is 438 g/mol. The average Bonchev–Trinajstić information content (AvgIpc) is 3.27. The van der Waals surface area contributed by atoms with E-state index in [4.69, 9.17) is 4.74 Å². The Labute approximate surface area is 171 Å². The van der Waals surface area contributed by atoms with Gasteiger partial charge in [-0.1, -0.05) is 11.2 Å². The Morgan fingerprint density at radius 2 is 1.77 bits per heavy atom. The molecule has 0 spiro atoms. The van der Waals surface area contributed by atoms with Crippen molar-refractivity contribution in [2.45, 2.75) is 19.3 Å². The van der Waals surface area contributed by atoms with Gasteiger partial charge in [0.25, 0.3) is 0 Å². The van der Waals surface area contributed by atoms with Gasteiger partial charge >= 0.3 is 24.1 Å². The summed E-state index contributed by atoms with van der Waals surface area (Å²) in [6.07, 6.45) is -1.58. The number of halogens is 3. The molecule has 14 heteroatoms. The highest BCUT2D eigenvalue weighted by atomic mass is 19.4. The number of carbonyl (C=O) groups is 2. The quantitative estimate of drug-likeness (QED) is 0.569. The molecular formula is C17H13F3N6O5. The lowest BCUT2D eigenvalue weighted by molar-refractivity contribution is -0.159. The molecule has 0 aromatic carbocycles. The maximum atomic E-state index is 12.5. The summed E-state index contributed by atoms with van der Waals surface area (Å²) in [6.45, 7) is -0.0895. The normalized spacial score (nSPS) is 11.1. The molecule has 0 unspecified atom stereocenters. The Hall–Kier alpha value is -4.10. The Bertz CT molecular complexity index is 1050. The van der Waals surface area contributed by atoms with Crippen LogP contribution in [0.5, 0.6) is 0 Å². The van der Waals surface area contributed by atoms with Gasteiger partial charge in [0.05, 0.1) is 7.11 Å². The molecule has 3 aromatic rings. The third kappa shape index (κ3) is 5.71. The summed E-state index contributed by atoms with van der Waals surface area (Å²) in [6, 6.07) is 2.99. The summed E-state index contributed by atoms with van der Waals surface area (Å²) in [5, 5.41) is 5.64. The Kier molecular flexibility index (Phi) is 6.37. The molecule has 3 heterocycles. The van der Waals surface area contributed by atoms with Crippen LogP contribution in [0.2, 0.25) is 0 Å². The van der Waals surface area contributed by atoms with Gasteiger partial charge in [0.1, 0.15) is 12.3 Å². The molecule has 0 atom stereocenters. The number of nitrogens with one attached hydrogen (secondary N) is 1. The molecule has 0 saturated carbocycles. The van der Waals surface area contributed by atoms with Crippen LogP contribution in [-0.4, -0.2) is 44.3 Å². The second-order valence-electron chi connectivity index (χ2n) is 5.81. The highest BCUT2D eigenvalue weighted by Crippen LogP contribution is 2.28. The zero-order valence-corrected chi connectivity index (χ0v) is 15.7. The minimum Gasteiger partial charge on any atom is -0.464 e. The van der Waals surface area contributed by atoms with Crippen LogP contribution in [-0.2, 0) is 28.8 Å². The van der Waals surface area contributed by atoms with Crippen LogP contribution in [0.1, 0.15) is 27.5 Å². The number of methoxy groups -OCH3 is 1. The number of alkyl halides is 3. The van der Waals surface area contributed by atoms with E-state index in [1.807, 2.05) is 0 Å². The van der Waals surface area contributed by atoms with Crippen LogP contribution in [0, 0.1) is 0 Å². The molecule has 0 aliphatic heterocycles. The third-order valence-corrected chi connectivity index (χ3v) is 3.60. The van der Waals surface area contributed by atoms with Crippen LogP contribution >= 0.6 is 0 Å². The van der Waals surface area contributed by atoms with Crippen molar-refractivity contribution in [1.82, 2.24) is 30.4 Å². The molecule has 162 valence electrons. The number of nitrogens with zero attached hydrogens (tertiary/aromatic N) is 5. The lowest BCUT2D eigenvalue weighted by Crippen LogP contribution is -2.23. The highest BCUT2D eigenvalue weighted by molar-refractivity contribution is 5.86. The van der Waals surface area contributed by atoms with Crippen molar-refractivity contribution in [2.75, 3.05) is 7.11 Å². The van der Waals surface area contributed by atoms with Crippen LogP contribution in [0.25, 0.3) is 11.6 Å². The van der Waals surface area contributed by atoms with Crippen molar-refractivity contribution in [3.63, 3.8) is 0 Å². The van der Waals surface area contributed by atoms with Gasteiger partial charge in [-0.15, -0.1) is 0 Å². The van der Waals surface area contributed by atoms with Gasteiger partial charge in [0, 0.05) is 36.3 Å². The van der Waals surface area contributed by atoms with E-state index in [9.17, 15) is 22.8 Å². The summed E-state index contributed by atoms with van der Waals surface area (Å²) in [5.74, 6) is -2.68. The molecule has 0 aliphatic rings. The number of esters is 1. The zero-order chi connectivity index (χ0) is 22.4. The molecule has 3 rings (SSSR count). The highest BCUT2D eigenvalue weighted by Gasteiger charge is 2.38. The van der Waals surface area contributed by atoms with Crippen LogP contribution in [0.4, 0.5) is 18.0 Å². The molecule has 0 aliphatic carbocycles. The third-order valence-electron chi connectivity index (χ3n) is 3.60.